The smallest absolute Gasteiger partial charge is 0.265 e. The van der Waals surface area contributed by atoms with Gasteiger partial charge in [0.2, 0.25) is 0 Å². The molecule has 1 amide bonds. The first kappa shape index (κ1) is 21.3. The number of carbonyl (C=O) groups excluding carboxylic acids is 1. The van der Waals surface area contributed by atoms with Crippen molar-refractivity contribution in [3.8, 4) is 5.75 Å². The summed E-state index contributed by atoms with van der Waals surface area (Å²) in [6, 6.07) is 18.4. The van der Waals surface area contributed by atoms with Gasteiger partial charge in [0.25, 0.3) is 15.9 Å². The molecule has 0 aliphatic heterocycles. The van der Waals surface area contributed by atoms with Crippen LogP contribution in [0.1, 0.15) is 19.4 Å². The second-order valence-corrected chi connectivity index (χ2v) is 8.28. The Morgan fingerprint density at radius 2 is 1.83 bits per heavy atom. The lowest BCUT2D eigenvalue weighted by molar-refractivity contribution is -0.122. The SMILES string of the molecule is CCc1cccc(OC(C)C(=O)Nc2ccc(S(=O)(=O)Nc3ccccn3)cc2)c1. The van der Waals surface area contributed by atoms with E-state index in [4.69, 9.17) is 4.74 Å². The summed E-state index contributed by atoms with van der Waals surface area (Å²) < 4.78 is 33.0. The zero-order chi connectivity index (χ0) is 21.6. The summed E-state index contributed by atoms with van der Waals surface area (Å²) in [6.07, 6.45) is 1.66. The van der Waals surface area contributed by atoms with Crippen molar-refractivity contribution < 1.29 is 17.9 Å². The molecule has 1 atom stereocenters. The van der Waals surface area contributed by atoms with Crippen LogP contribution in [0.15, 0.2) is 77.8 Å². The van der Waals surface area contributed by atoms with Gasteiger partial charge in [-0.15, -0.1) is 0 Å². The minimum atomic E-state index is -3.77. The lowest BCUT2D eigenvalue weighted by atomic mass is 10.2. The van der Waals surface area contributed by atoms with Crippen molar-refractivity contribution in [1.29, 1.82) is 0 Å². The minimum Gasteiger partial charge on any atom is -0.481 e. The molecular formula is C22H23N3O4S. The van der Waals surface area contributed by atoms with Gasteiger partial charge in [-0.05, 0) is 67.4 Å². The van der Waals surface area contributed by atoms with Gasteiger partial charge in [-0.25, -0.2) is 13.4 Å². The first-order valence-electron chi connectivity index (χ1n) is 9.48. The fraction of sp³-hybridized carbons (Fsp3) is 0.182. The number of pyridine rings is 1. The minimum absolute atomic E-state index is 0.0619. The van der Waals surface area contributed by atoms with Crippen molar-refractivity contribution in [2.24, 2.45) is 0 Å². The molecule has 0 aliphatic rings. The van der Waals surface area contributed by atoms with Gasteiger partial charge in [0.1, 0.15) is 11.6 Å². The highest BCUT2D eigenvalue weighted by atomic mass is 32.2. The van der Waals surface area contributed by atoms with Crippen molar-refractivity contribution >= 4 is 27.4 Å². The Labute approximate surface area is 176 Å². The predicted octanol–water partition coefficient (Wildman–Crippen LogP) is 3.85. The van der Waals surface area contributed by atoms with E-state index >= 15 is 0 Å². The van der Waals surface area contributed by atoms with Crippen LogP contribution in [0.25, 0.3) is 0 Å². The van der Waals surface area contributed by atoms with Gasteiger partial charge < -0.3 is 10.1 Å². The predicted molar refractivity (Wildman–Crippen MR) is 116 cm³/mol. The Kier molecular flexibility index (Phi) is 6.68. The second kappa shape index (κ2) is 9.41. The standard InChI is InChI=1S/C22H23N3O4S/c1-3-17-7-6-8-19(15-17)29-16(2)22(26)24-18-10-12-20(13-11-18)30(27,28)25-21-9-4-5-14-23-21/h4-16H,3H2,1-2H3,(H,23,25)(H,24,26). The van der Waals surface area contributed by atoms with Crippen LogP contribution in [0.3, 0.4) is 0 Å². The number of carbonyl (C=O) groups is 1. The fourth-order valence-electron chi connectivity index (χ4n) is 2.68. The van der Waals surface area contributed by atoms with Crippen molar-refractivity contribution in [3.63, 3.8) is 0 Å². The third-order valence-electron chi connectivity index (χ3n) is 4.32. The molecule has 0 saturated carbocycles. The number of hydrogen-bond acceptors (Lipinski definition) is 5. The molecule has 0 radical (unpaired) electrons. The molecule has 3 aromatic rings. The molecule has 1 heterocycles. The summed E-state index contributed by atoms with van der Waals surface area (Å²) in [5.74, 6) is 0.520. The van der Waals surface area contributed by atoms with Gasteiger partial charge in [0, 0.05) is 11.9 Å². The monoisotopic (exact) mass is 425 g/mol. The quantitative estimate of drug-likeness (QED) is 0.571. The maximum atomic E-state index is 12.4. The van der Waals surface area contributed by atoms with E-state index in [1.165, 1.54) is 30.5 Å². The molecule has 1 aromatic heterocycles. The van der Waals surface area contributed by atoms with E-state index in [0.717, 1.165) is 12.0 Å². The van der Waals surface area contributed by atoms with Crippen LogP contribution in [0, 0.1) is 0 Å². The molecule has 0 fully saturated rings. The summed E-state index contributed by atoms with van der Waals surface area (Å²) in [4.78, 5) is 16.4. The van der Waals surface area contributed by atoms with E-state index in [9.17, 15) is 13.2 Å². The summed E-state index contributed by atoms with van der Waals surface area (Å²) in [7, 11) is -3.77. The van der Waals surface area contributed by atoms with Crippen LogP contribution >= 0.6 is 0 Å². The van der Waals surface area contributed by atoms with E-state index in [2.05, 4.69) is 15.0 Å². The average Bonchev–Trinajstić information content (AvgIpc) is 2.74. The van der Waals surface area contributed by atoms with Crippen molar-refractivity contribution in [1.82, 2.24) is 4.98 Å². The summed E-state index contributed by atoms with van der Waals surface area (Å²) in [5.41, 5.74) is 1.59. The largest absolute Gasteiger partial charge is 0.481 e. The molecule has 0 bridgehead atoms. The topological polar surface area (TPSA) is 97.4 Å². The Morgan fingerprint density at radius 3 is 2.50 bits per heavy atom. The summed E-state index contributed by atoms with van der Waals surface area (Å²) in [5, 5.41) is 2.73. The Morgan fingerprint density at radius 1 is 1.07 bits per heavy atom. The van der Waals surface area contributed by atoms with Crippen LogP contribution < -0.4 is 14.8 Å². The molecule has 156 valence electrons. The number of amides is 1. The van der Waals surface area contributed by atoms with Crippen molar-refractivity contribution in [3.05, 3.63) is 78.5 Å². The number of hydrogen-bond donors (Lipinski definition) is 2. The maximum Gasteiger partial charge on any atom is 0.265 e. The lowest BCUT2D eigenvalue weighted by Crippen LogP contribution is -2.30. The number of aromatic nitrogens is 1. The zero-order valence-electron chi connectivity index (χ0n) is 16.7. The number of aryl methyl sites for hydroxylation is 1. The van der Waals surface area contributed by atoms with Crippen molar-refractivity contribution in [2.75, 3.05) is 10.0 Å². The molecule has 8 heteroatoms. The van der Waals surface area contributed by atoms with Crippen LogP contribution in [-0.2, 0) is 21.2 Å². The third kappa shape index (κ3) is 5.57. The van der Waals surface area contributed by atoms with Gasteiger partial charge in [0.05, 0.1) is 4.90 Å². The summed E-state index contributed by atoms with van der Waals surface area (Å²) in [6.45, 7) is 3.70. The van der Waals surface area contributed by atoms with Crippen LogP contribution in [0.5, 0.6) is 5.75 Å². The van der Waals surface area contributed by atoms with Crippen LogP contribution in [-0.4, -0.2) is 25.4 Å². The van der Waals surface area contributed by atoms with Gasteiger partial charge >= 0.3 is 0 Å². The molecule has 0 spiro atoms. The normalized spacial score (nSPS) is 12.1. The highest BCUT2D eigenvalue weighted by Gasteiger charge is 2.17. The van der Waals surface area contributed by atoms with E-state index in [1.54, 1.807) is 31.2 Å². The van der Waals surface area contributed by atoms with Crippen LogP contribution in [0.2, 0.25) is 0 Å². The first-order chi connectivity index (χ1) is 14.4. The number of benzene rings is 2. The van der Waals surface area contributed by atoms with E-state index in [0.29, 0.717) is 11.4 Å². The maximum absolute atomic E-state index is 12.4. The van der Waals surface area contributed by atoms with Gasteiger partial charge in [-0.1, -0.05) is 25.1 Å². The molecule has 2 aromatic carbocycles. The number of nitrogens with zero attached hydrogens (tertiary/aromatic N) is 1. The van der Waals surface area contributed by atoms with Gasteiger partial charge in [0.15, 0.2) is 6.10 Å². The molecule has 7 nitrogen and oxygen atoms in total. The highest BCUT2D eigenvalue weighted by molar-refractivity contribution is 7.92. The van der Waals surface area contributed by atoms with Crippen LogP contribution in [0.4, 0.5) is 11.5 Å². The molecule has 30 heavy (non-hydrogen) atoms. The number of sulfonamides is 1. The number of anilines is 2. The molecule has 0 aliphatic carbocycles. The molecule has 1 unspecified atom stereocenters. The number of ether oxygens (including phenoxy) is 1. The summed E-state index contributed by atoms with van der Waals surface area (Å²) >= 11 is 0. The van der Waals surface area contributed by atoms with Crippen molar-refractivity contribution in [2.45, 2.75) is 31.3 Å². The number of nitrogens with one attached hydrogen (secondary N) is 2. The second-order valence-electron chi connectivity index (χ2n) is 6.60. The third-order valence-corrected chi connectivity index (χ3v) is 5.70. The Balaban J connectivity index is 1.62. The molecular weight excluding hydrogens is 402 g/mol. The Hall–Kier alpha value is -3.39. The molecule has 0 saturated heterocycles. The lowest BCUT2D eigenvalue weighted by Gasteiger charge is -2.15. The van der Waals surface area contributed by atoms with E-state index in [1.807, 2.05) is 25.1 Å². The Bertz CT molecular complexity index is 1100. The fourth-order valence-corrected chi connectivity index (χ4v) is 3.69. The molecule has 2 N–H and O–H groups in total. The van der Waals surface area contributed by atoms with Gasteiger partial charge in [-0.3, -0.25) is 9.52 Å². The average molecular weight is 426 g/mol. The molecule has 3 rings (SSSR count). The van der Waals surface area contributed by atoms with E-state index < -0.39 is 16.1 Å². The highest BCUT2D eigenvalue weighted by Crippen LogP contribution is 2.19. The van der Waals surface area contributed by atoms with E-state index in [-0.39, 0.29) is 16.6 Å². The zero-order valence-corrected chi connectivity index (χ0v) is 17.5. The number of rotatable bonds is 8. The van der Waals surface area contributed by atoms with Gasteiger partial charge in [-0.2, -0.15) is 0 Å². The first-order valence-corrected chi connectivity index (χ1v) is 11.0.